The van der Waals surface area contributed by atoms with Gasteiger partial charge < -0.3 is 14.2 Å². The number of aryl methyl sites for hydroxylation is 1. The van der Waals surface area contributed by atoms with E-state index >= 15 is 0 Å². The molecule has 6 heteroatoms. The van der Waals surface area contributed by atoms with Gasteiger partial charge in [-0.3, -0.25) is 4.79 Å². The van der Waals surface area contributed by atoms with Crippen molar-refractivity contribution in [2.45, 2.75) is 13.8 Å². The molecule has 0 radical (unpaired) electrons. The molecule has 0 saturated carbocycles. The second-order valence-corrected chi connectivity index (χ2v) is 5.71. The second-order valence-electron chi connectivity index (χ2n) is 5.71. The van der Waals surface area contributed by atoms with E-state index in [0.29, 0.717) is 11.3 Å². The van der Waals surface area contributed by atoms with Crippen LogP contribution in [0.4, 0.5) is 0 Å². The Morgan fingerprint density at radius 2 is 1.85 bits per heavy atom. The molecule has 26 heavy (non-hydrogen) atoms. The summed E-state index contributed by atoms with van der Waals surface area (Å²) in [4.78, 5) is 27.6. The van der Waals surface area contributed by atoms with E-state index in [2.05, 4.69) is 4.99 Å². The zero-order valence-electron chi connectivity index (χ0n) is 14.6. The topological polar surface area (TPSA) is 74.2 Å². The Morgan fingerprint density at radius 1 is 1.12 bits per heavy atom. The van der Waals surface area contributed by atoms with Gasteiger partial charge in [0.2, 0.25) is 5.90 Å². The quantitative estimate of drug-likeness (QED) is 0.480. The van der Waals surface area contributed by atoms with Crippen LogP contribution in [0.15, 0.2) is 53.2 Å². The van der Waals surface area contributed by atoms with Crippen LogP contribution in [0.2, 0.25) is 0 Å². The number of hydrogen-bond acceptors (Lipinski definition) is 6. The maximum atomic E-state index is 12.1. The number of nitrogens with zero attached hydrogens (tertiary/aromatic N) is 1. The van der Waals surface area contributed by atoms with E-state index in [1.54, 1.807) is 24.3 Å². The van der Waals surface area contributed by atoms with E-state index in [1.807, 2.05) is 31.2 Å². The van der Waals surface area contributed by atoms with Crippen LogP contribution in [0.3, 0.4) is 0 Å². The number of esters is 2. The Kier molecular flexibility index (Phi) is 4.84. The molecule has 2 aromatic rings. The number of cyclic esters (lactones) is 1. The summed E-state index contributed by atoms with van der Waals surface area (Å²) >= 11 is 0. The van der Waals surface area contributed by atoms with E-state index in [1.165, 1.54) is 14.0 Å². The molecule has 0 aliphatic carbocycles. The lowest BCUT2D eigenvalue weighted by Crippen LogP contribution is -2.05. The molecule has 1 aliphatic rings. The molecule has 1 aliphatic heterocycles. The van der Waals surface area contributed by atoms with Crippen LogP contribution < -0.4 is 9.47 Å². The number of hydrogen-bond donors (Lipinski definition) is 0. The normalized spacial score (nSPS) is 14.8. The number of aliphatic imine (C=N–C) groups is 1. The van der Waals surface area contributed by atoms with Crippen molar-refractivity contribution in [2.75, 3.05) is 7.11 Å². The van der Waals surface area contributed by atoms with Crippen molar-refractivity contribution in [3.05, 3.63) is 64.9 Å². The van der Waals surface area contributed by atoms with Gasteiger partial charge in [-0.25, -0.2) is 9.79 Å². The van der Waals surface area contributed by atoms with Crippen LogP contribution in [0.25, 0.3) is 6.08 Å². The molecule has 0 fully saturated rings. The van der Waals surface area contributed by atoms with Gasteiger partial charge in [0.05, 0.1) is 7.11 Å². The summed E-state index contributed by atoms with van der Waals surface area (Å²) in [7, 11) is 1.48. The standard InChI is InChI=1S/C20H17NO5/c1-12-4-7-15(8-5-12)19-21-16(20(23)26-19)10-14-6-9-17(24-3)18(11-14)25-13(2)22/h4-11H,1-3H3/b16-10-. The minimum absolute atomic E-state index is 0.166. The molecule has 0 aromatic heterocycles. The summed E-state index contributed by atoms with van der Waals surface area (Å²) < 4.78 is 15.5. The lowest BCUT2D eigenvalue weighted by atomic mass is 10.1. The highest BCUT2D eigenvalue weighted by Crippen LogP contribution is 2.30. The van der Waals surface area contributed by atoms with Crippen molar-refractivity contribution in [3.8, 4) is 11.5 Å². The van der Waals surface area contributed by atoms with Crippen LogP contribution in [-0.4, -0.2) is 24.9 Å². The summed E-state index contributed by atoms with van der Waals surface area (Å²) in [6.07, 6.45) is 1.57. The maximum absolute atomic E-state index is 12.1. The van der Waals surface area contributed by atoms with Crippen molar-refractivity contribution in [3.63, 3.8) is 0 Å². The molecule has 0 spiro atoms. The predicted molar refractivity (Wildman–Crippen MR) is 96.1 cm³/mol. The van der Waals surface area contributed by atoms with Crippen LogP contribution in [0.1, 0.15) is 23.6 Å². The third-order valence-corrected chi connectivity index (χ3v) is 3.66. The Labute approximate surface area is 150 Å². The molecule has 132 valence electrons. The molecule has 0 amide bonds. The van der Waals surface area contributed by atoms with E-state index < -0.39 is 11.9 Å². The van der Waals surface area contributed by atoms with E-state index in [4.69, 9.17) is 14.2 Å². The van der Waals surface area contributed by atoms with Gasteiger partial charge in [0, 0.05) is 12.5 Å². The number of benzene rings is 2. The van der Waals surface area contributed by atoms with Gasteiger partial charge in [0.15, 0.2) is 17.2 Å². The van der Waals surface area contributed by atoms with Crippen LogP contribution in [0.5, 0.6) is 11.5 Å². The fourth-order valence-electron chi connectivity index (χ4n) is 2.40. The largest absolute Gasteiger partial charge is 0.493 e. The van der Waals surface area contributed by atoms with Crippen LogP contribution in [-0.2, 0) is 14.3 Å². The smallest absolute Gasteiger partial charge is 0.363 e. The van der Waals surface area contributed by atoms with E-state index in [9.17, 15) is 9.59 Å². The SMILES string of the molecule is COc1ccc(/C=C2\N=C(c3ccc(C)cc3)OC2=O)cc1OC(C)=O. The Hall–Kier alpha value is -3.41. The number of carbonyl (C=O) groups is 2. The number of carbonyl (C=O) groups excluding carboxylic acids is 2. The fraction of sp³-hybridized carbons (Fsp3) is 0.150. The molecule has 0 unspecified atom stereocenters. The first-order chi connectivity index (χ1) is 12.5. The van der Waals surface area contributed by atoms with Gasteiger partial charge in [-0.15, -0.1) is 0 Å². The Bertz CT molecular complexity index is 926. The van der Waals surface area contributed by atoms with Crippen LogP contribution >= 0.6 is 0 Å². The number of rotatable bonds is 4. The van der Waals surface area contributed by atoms with Crippen molar-refractivity contribution >= 4 is 23.9 Å². The first kappa shape index (κ1) is 17.4. The van der Waals surface area contributed by atoms with Gasteiger partial charge in [0.1, 0.15) is 0 Å². The molecular formula is C20H17NO5. The van der Waals surface area contributed by atoms with Gasteiger partial charge in [-0.2, -0.15) is 0 Å². The molecule has 6 nitrogen and oxygen atoms in total. The number of ether oxygens (including phenoxy) is 3. The van der Waals surface area contributed by atoms with Gasteiger partial charge in [-0.1, -0.05) is 23.8 Å². The first-order valence-corrected chi connectivity index (χ1v) is 7.92. The summed E-state index contributed by atoms with van der Waals surface area (Å²) in [6.45, 7) is 3.28. The zero-order chi connectivity index (χ0) is 18.7. The summed E-state index contributed by atoms with van der Waals surface area (Å²) in [5, 5.41) is 0. The first-order valence-electron chi connectivity index (χ1n) is 7.92. The molecule has 1 heterocycles. The highest BCUT2D eigenvalue weighted by molar-refractivity contribution is 6.12. The molecule has 3 rings (SSSR count). The van der Waals surface area contributed by atoms with Crippen molar-refractivity contribution in [1.82, 2.24) is 0 Å². The van der Waals surface area contributed by atoms with Gasteiger partial charge in [-0.05, 0) is 42.8 Å². The third-order valence-electron chi connectivity index (χ3n) is 3.66. The highest BCUT2D eigenvalue weighted by Gasteiger charge is 2.24. The minimum Gasteiger partial charge on any atom is -0.493 e. The van der Waals surface area contributed by atoms with Crippen LogP contribution in [0, 0.1) is 6.92 Å². The van der Waals surface area contributed by atoms with Crippen molar-refractivity contribution in [2.24, 2.45) is 4.99 Å². The average molecular weight is 351 g/mol. The molecule has 0 bridgehead atoms. The Balaban J connectivity index is 1.92. The summed E-state index contributed by atoms with van der Waals surface area (Å²) in [5.74, 6) is -0.0582. The zero-order valence-corrected chi connectivity index (χ0v) is 14.6. The predicted octanol–water partition coefficient (Wildman–Crippen LogP) is 3.27. The molecular weight excluding hydrogens is 334 g/mol. The number of methoxy groups -OCH3 is 1. The molecule has 2 aromatic carbocycles. The molecule has 0 saturated heterocycles. The molecule has 0 N–H and O–H groups in total. The summed E-state index contributed by atoms with van der Waals surface area (Å²) in [5.41, 5.74) is 2.62. The third kappa shape index (κ3) is 3.80. The summed E-state index contributed by atoms with van der Waals surface area (Å²) in [6, 6.07) is 12.5. The van der Waals surface area contributed by atoms with Gasteiger partial charge >= 0.3 is 11.9 Å². The fourth-order valence-corrected chi connectivity index (χ4v) is 2.40. The average Bonchev–Trinajstić information content (AvgIpc) is 2.96. The lowest BCUT2D eigenvalue weighted by molar-refractivity contribution is -0.132. The van der Waals surface area contributed by atoms with E-state index in [0.717, 1.165) is 11.1 Å². The Morgan fingerprint density at radius 3 is 2.50 bits per heavy atom. The van der Waals surface area contributed by atoms with Crippen molar-refractivity contribution in [1.29, 1.82) is 0 Å². The van der Waals surface area contributed by atoms with Gasteiger partial charge in [0.25, 0.3) is 0 Å². The molecule has 0 atom stereocenters. The highest BCUT2D eigenvalue weighted by atomic mass is 16.6. The monoisotopic (exact) mass is 351 g/mol. The second kappa shape index (κ2) is 7.23. The lowest BCUT2D eigenvalue weighted by Gasteiger charge is -2.08. The van der Waals surface area contributed by atoms with E-state index in [-0.39, 0.29) is 17.3 Å². The minimum atomic E-state index is -0.537. The maximum Gasteiger partial charge on any atom is 0.363 e. The van der Waals surface area contributed by atoms with Crippen molar-refractivity contribution < 1.29 is 23.8 Å².